The SMILES string of the molecule is CCOc1c(Cl)cc(C(=O)Oc2cc(=O)n3cccc(C)c3n2)cc1Cl. The Kier molecular flexibility index (Phi) is 5.15. The van der Waals surface area contributed by atoms with Gasteiger partial charge in [0, 0.05) is 6.20 Å². The first kappa shape index (κ1) is 18.2. The van der Waals surface area contributed by atoms with Crippen molar-refractivity contribution in [3.8, 4) is 11.6 Å². The van der Waals surface area contributed by atoms with Crippen molar-refractivity contribution >= 4 is 34.8 Å². The molecule has 0 aliphatic rings. The molecule has 0 N–H and O–H groups in total. The average Bonchev–Trinajstić information content (AvgIpc) is 2.59. The summed E-state index contributed by atoms with van der Waals surface area (Å²) < 4.78 is 11.9. The van der Waals surface area contributed by atoms with Gasteiger partial charge in [-0.1, -0.05) is 29.3 Å². The lowest BCUT2D eigenvalue weighted by molar-refractivity contribution is 0.0727. The summed E-state index contributed by atoms with van der Waals surface area (Å²) in [5, 5.41) is 0.377. The van der Waals surface area contributed by atoms with E-state index in [1.165, 1.54) is 16.5 Å². The minimum absolute atomic E-state index is 0.101. The molecule has 0 saturated heterocycles. The van der Waals surface area contributed by atoms with Crippen LogP contribution in [0.5, 0.6) is 11.6 Å². The molecule has 0 aliphatic heterocycles. The highest BCUT2D eigenvalue weighted by Gasteiger charge is 2.17. The third-order valence-corrected chi connectivity index (χ3v) is 4.14. The molecule has 3 rings (SSSR count). The topological polar surface area (TPSA) is 69.9 Å². The number of rotatable bonds is 4. The van der Waals surface area contributed by atoms with Gasteiger partial charge >= 0.3 is 5.97 Å². The van der Waals surface area contributed by atoms with E-state index in [0.29, 0.717) is 18.0 Å². The second-order valence-electron chi connectivity index (χ2n) is 5.41. The van der Waals surface area contributed by atoms with Gasteiger partial charge in [-0.25, -0.2) is 4.79 Å². The van der Waals surface area contributed by atoms with Crippen molar-refractivity contribution in [2.75, 3.05) is 6.61 Å². The van der Waals surface area contributed by atoms with Crippen LogP contribution >= 0.6 is 23.2 Å². The van der Waals surface area contributed by atoms with E-state index in [0.717, 1.165) is 11.6 Å². The predicted octanol–water partition coefficient (Wildman–Crippen LogP) is 3.93. The van der Waals surface area contributed by atoms with Crippen LogP contribution in [0.1, 0.15) is 22.8 Å². The van der Waals surface area contributed by atoms with Crippen molar-refractivity contribution in [3.05, 3.63) is 68.1 Å². The van der Waals surface area contributed by atoms with E-state index in [1.54, 1.807) is 32.2 Å². The summed E-state index contributed by atoms with van der Waals surface area (Å²) in [7, 11) is 0. The van der Waals surface area contributed by atoms with Gasteiger partial charge in [-0.2, -0.15) is 4.98 Å². The maximum atomic E-state index is 12.4. The molecule has 26 heavy (non-hydrogen) atoms. The summed E-state index contributed by atoms with van der Waals surface area (Å²) in [4.78, 5) is 28.8. The smallest absolute Gasteiger partial charge is 0.344 e. The lowest BCUT2D eigenvalue weighted by atomic mass is 10.2. The fraction of sp³-hybridized carbons (Fsp3) is 0.167. The molecule has 0 unspecified atom stereocenters. The van der Waals surface area contributed by atoms with Crippen LogP contribution in [-0.2, 0) is 0 Å². The molecule has 134 valence electrons. The van der Waals surface area contributed by atoms with E-state index < -0.39 is 5.97 Å². The third kappa shape index (κ3) is 3.52. The lowest BCUT2D eigenvalue weighted by Gasteiger charge is -2.10. The normalized spacial score (nSPS) is 10.8. The molecule has 0 atom stereocenters. The number of pyridine rings is 1. The first-order chi connectivity index (χ1) is 12.4. The Balaban J connectivity index is 1.95. The lowest BCUT2D eigenvalue weighted by Crippen LogP contribution is -2.17. The Morgan fingerprint density at radius 1 is 1.23 bits per heavy atom. The summed E-state index contributed by atoms with van der Waals surface area (Å²) >= 11 is 12.2. The Morgan fingerprint density at radius 3 is 2.58 bits per heavy atom. The largest absolute Gasteiger partial charge is 0.491 e. The summed E-state index contributed by atoms with van der Waals surface area (Å²) in [5.74, 6) is -0.540. The minimum atomic E-state index is -0.735. The fourth-order valence-corrected chi connectivity index (χ4v) is 3.00. The number of aromatic nitrogens is 2. The quantitative estimate of drug-likeness (QED) is 0.629. The fourth-order valence-electron chi connectivity index (χ4n) is 2.41. The van der Waals surface area contributed by atoms with Crippen molar-refractivity contribution in [1.29, 1.82) is 0 Å². The number of halogens is 2. The zero-order valence-electron chi connectivity index (χ0n) is 14.0. The number of esters is 1. The number of aryl methyl sites for hydroxylation is 1. The van der Waals surface area contributed by atoms with E-state index in [2.05, 4.69) is 4.98 Å². The summed E-state index contributed by atoms with van der Waals surface area (Å²) in [6.45, 7) is 3.98. The Morgan fingerprint density at radius 2 is 1.92 bits per heavy atom. The van der Waals surface area contributed by atoms with Gasteiger partial charge in [-0.05, 0) is 37.6 Å². The zero-order valence-corrected chi connectivity index (χ0v) is 15.5. The monoisotopic (exact) mass is 392 g/mol. The number of fused-ring (bicyclic) bond motifs is 1. The van der Waals surface area contributed by atoms with Crippen LogP contribution in [-0.4, -0.2) is 22.0 Å². The highest BCUT2D eigenvalue weighted by molar-refractivity contribution is 6.37. The van der Waals surface area contributed by atoms with Gasteiger partial charge in [0.05, 0.1) is 28.3 Å². The van der Waals surface area contributed by atoms with Gasteiger partial charge in [0.2, 0.25) is 5.88 Å². The van der Waals surface area contributed by atoms with Gasteiger partial charge < -0.3 is 9.47 Å². The van der Waals surface area contributed by atoms with Crippen LogP contribution in [0.25, 0.3) is 5.65 Å². The molecule has 0 amide bonds. The maximum Gasteiger partial charge on any atom is 0.344 e. The van der Waals surface area contributed by atoms with E-state index >= 15 is 0 Å². The van der Waals surface area contributed by atoms with Gasteiger partial charge in [-0.15, -0.1) is 0 Å². The number of carbonyl (C=O) groups excluding carboxylic acids is 1. The first-order valence-electron chi connectivity index (χ1n) is 7.73. The number of benzene rings is 1. The van der Waals surface area contributed by atoms with Crippen molar-refractivity contribution in [2.45, 2.75) is 13.8 Å². The van der Waals surface area contributed by atoms with Crippen molar-refractivity contribution in [2.24, 2.45) is 0 Å². The number of nitrogens with zero attached hydrogens (tertiary/aromatic N) is 2. The highest BCUT2D eigenvalue weighted by atomic mass is 35.5. The average molecular weight is 393 g/mol. The molecule has 0 fully saturated rings. The minimum Gasteiger partial charge on any atom is -0.491 e. The molecule has 6 nitrogen and oxygen atoms in total. The Labute approximate surface area is 158 Å². The molecule has 3 aromatic rings. The van der Waals surface area contributed by atoms with Crippen molar-refractivity contribution in [3.63, 3.8) is 0 Å². The molecule has 0 radical (unpaired) electrons. The molecule has 1 aromatic carbocycles. The molecule has 8 heteroatoms. The van der Waals surface area contributed by atoms with Crippen molar-refractivity contribution < 1.29 is 14.3 Å². The zero-order chi connectivity index (χ0) is 18.8. The predicted molar refractivity (Wildman–Crippen MR) is 98.8 cm³/mol. The molecule has 0 spiro atoms. The van der Waals surface area contributed by atoms with Gasteiger partial charge in [0.15, 0.2) is 5.75 Å². The Bertz CT molecular complexity index is 1040. The van der Waals surface area contributed by atoms with Crippen LogP contribution in [0.15, 0.2) is 41.3 Å². The number of hydrogen-bond acceptors (Lipinski definition) is 5. The molecule has 0 aliphatic carbocycles. The Hall–Kier alpha value is -2.57. The van der Waals surface area contributed by atoms with Gasteiger partial charge in [-0.3, -0.25) is 9.20 Å². The van der Waals surface area contributed by atoms with E-state index in [9.17, 15) is 9.59 Å². The summed E-state index contributed by atoms with van der Waals surface area (Å²) in [6, 6.07) is 7.46. The summed E-state index contributed by atoms with van der Waals surface area (Å²) in [5.41, 5.74) is 0.944. The molecular weight excluding hydrogens is 379 g/mol. The second-order valence-corrected chi connectivity index (χ2v) is 6.22. The van der Waals surface area contributed by atoms with Crippen LogP contribution in [0.4, 0.5) is 0 Å². The molecule has 2 heterocycles. The number of ether oxygens (including phenoxy) is 2. The summed E-state index contributed by atoms with van der Waals surface area (Å²) in [6.07, 6.45) is 1.59. The van der Waals surface area contributed by atoms with Crippen LogP contribution in [0.3, 0.4) is 0 Å². The number of hydrogen-bond donors (Lipinski definition) is 0. The van der Waals surface area contributed by atoms with Crippen LogP contribution < -0.4 is 15.0 Å². The molecule has 0 bridgehead atoms. The maximum absolute atomic E-state index is 12.4. The van der Waals surface area contributed by atoms with Gasteiger partial charge in [0.25, 0.3) is 5.56 Å². The van der Waals surface area contributed by atoms with E-state index in [1.807, 2.05) is 0 Å². The van der Waals surface area contributed by atoms with Crippen LogP contribution in [0, 0.1) is 6.92 Å². The van der Waals surface area contributed by atoms with Crippen molar-refractivity contribution in [1.82, 2.24) is 9.38 Å². The molecular formula is C18H14Cl2N2O4. The van der Waals surface area contributed by atoms with Crippen LogP contribution in [0.2, 0.25) is 10.0 Å². The third-order valence-electron chi connectivity index (χ3n) is 3.58. The second kappa shape index (κ2) is 7.35. The highest BCUT2D eigenvalue weighted by Crippen LogP contribution is 2.34. The standard InChI is InChI=1S/C18H14Cl2N2O4/c1-3-25-16-12(19)7-11(8-13(16)20)18(24)26-14-9-15(23)22-6-4-5-10(2)17(22)21-14/h4-9H,3H2,1-2H3. The molecule has 0 saturated carbocycles. The van der Waals surface area contributed by atoms with E-state index in [4.69, 9.17) is 32.7 Å². The van der Waals surface area contributed by atoms with Gasteiger partial charge in [0.1, 0.15) is 5.65 Å². The number of carbonyl (C=O) groups is 1. The molecule has 2 aromatic heterocycles. The van der Waals surface area contributed by atoms with E-state index in [-0.39, 0.29) is 27.0 Å². The first-order valence-corrected chi connectivity index (χ1v) is 8.49.